The van der Waals surface area contributed by atoms with Crippen LogP contribution in [0.5, 0.6) is 0 Å². The highest BCUT2D eigenvalue weighted by Gasteiger charge is 2.23. The second-order valence-electron chi connectivity index (χ2n) is 5.41. The molecule has 3 aromatic heterocycles. The molecule has 1 N–H and O–H groups in total. The number of aryl methyl sites for hydroxylation is 2. The number of pyridine rings is 1. The predicted octanol–water partition coefficient (Wildman–Crippen LogP) is 0.904. The van der Waals surface area contributed by atoms with Gasteiger partial charge in [-0.05, 0) is 19.4 Å². The number of imidazole rings is 1. The van der Waals surface area contributed by atoms with Crippen LogP contribution in [0.15, 0.2) is 18.5 Å². The highest BCUT2D eigenvalue weighted by Crippen LogP contribution is 2.19. The Morgan fingerprint density at radius 3 is 3.18 bits per heavy atom. The maximum Gasteiger partial charge on any atom is 0.256 e. The van der Waals surface area contributed by atoms with Crippen molar-refractivity contribution in [2.45, 2.75) is 26.4 Å². The minimum absolute atomic E-state index is 0.0225. The van der Waals surface area contributed by atoms with Crippen molar-refractivity contribution in [2.75, 3.05) is 6.54 Å². The van der Waals surface area contributed by atoms with E-state index >= 15 is 0 Å². The van der Waals surface area contributed by atoms with E-state index < -0.39 is 0 Å². The molecule has 0 fully saturated rings. The molecule has 112 valence electrons. The van der Waals surface area contributed by atoms with Crippen LogP contribution in [0.4, 0.5) is 0 Å². The van der Waals surface area contributed by atoms with E-state index in [0.29, 0.717) is 29.8 Å². The average molecular weight is 297 g/mol. The minimum atomic E-state index is -0.0225. The van der Waals surface area contributed by atoms with Crippen LogP contribution in [0.3, 0.4) is 0 Å². The predicted molar refractivity (Wildman–Crippen MR) is 78.0 cm³/mol. The average Bonchev–Trinajstić information content (AvgIpc) is 3.05. The van der Waals surface area contributed by atoms with E-state index in [-0.39, 0.29) is 5.91 Å². The van der Waals surface area contributed by atoms with E-state index in [1.807, 2.05) is 16.5 Å². The first-order valence-corrected chi connectivity index (χ1v) is 7.20. The second kappa shape index (κ2) is 4.90. The lowest BCUT2D eigenvalue weighted by atomic mass is 10.2. The van der Waals surface area contributed by atoms with Gasteiger partial charge >= 0.3 is 0 Å². The monoisotopic (exact) mass is 297 g/mol. The Morgan fingerprint density at radius 2 is 2.27 bits per heavy atom. The molecule has 0 aromatic carbocycles. The number of rotatable bonds is 1. The fourth-order valence-corrected chi connectivity index (χ4v) is 2.82. The van der Waals surface area contributed by atoms with Gasteiger partial charge in [0, 0.05) is 19.3 Å². The number of fused-ring (bicyclic) bond motifs is 2. The highest BCUT2D eigenvalue weighted by molar-refractivity contribution is 6.03. The maximum atomic E-state index is 12.9. The van der Waals surface area contributed by atoms with Crippen LogP contribution < -0.4 is 0 Å². The molecule has 0 radical (unpaired) electrons. The summed E-state index contributed by atoms with van der Waals surface area (Å²) in [5.41, 5.74) is 2.83. The van der Waals surface area contributed by atoms with Gasteiger partial charge in [-0.25, -0.2) is 14.6 Å². The molecule has 1 aliphatic heterocycles. The van der Waals surface area contributed by atoms with Crippen molar-refractivity contribution in [1.29, 1.82) is 0 Å². The molecule has 8 heteroatoms. The van der Waals surface area contributed by atoms with Crippen LogP contribution in [-0.4, -0.2) is 47.3 Å². The first-order chi connectivity index (χ1) is 10.7. The van der Waals surface area contributed by atoms with Crippen molar-refractivity contribution in [3.05, 3.63) is 35.5 Å². The van der Waals surface area contributed by atoms with Crippen molar-refractivity contribution in [1.82, 2.24) is 34.8 Å². The molecule has 0 spiro atoms. The number of aromatic nitrogens is 6. The van der Waals surface area contributed by atoms with Crippen LogP contribution in [0.25, 0.3) is 11.2 Å². The molecule has 22 heavy (non-hydrogen) atoms. The summed E-state index contributed by atoms with van der Waals surface area (Å²) in [6, 6.07) is 1.74. The number of aromatic amines is 1. The van der Waals surface area contributed by atoms with E-state index in [4.69, 9.17) is 0 Å². The molecule has 8 nitrogen and oxygen atoms in total. The summed E-state index contributed by atoms with van der Waals surface area (Å²) in [4.78, 5) is 26.3. The van der Waals surface area contributed by atoms with Crippen LogP contribution >= 0.6 is 0 Å². The zero-order chi connectivity index (χ0) is 15.1. The summed E-state index contributed by atoms with van der Waals surface area (Å²) in [5.74, 6) is 0.728. The van der Waals surface area contributed by atoms with Crippen LogP contribution in [0.2, 0.25) is 0 Å². The van der Waals surface area contributed by atoms with E-state index in [0.717, 1.165) is 24.5 Å². The molecule has 1 aliphatic rings. The van der Waals surface area contributed by atoms with E-state index in [9.17, 15) is 4.79 Å². The zero-order valence-electron chi connectivity index (χ0n) is 12.2. The third-order valence-electron chi connectivity index (χ3n) is 3.88. The van der Waals surface area contributed by atoms with Gasteiger partial charge in [0.15, 0.2) is 5.65 Å². The largest absolute Gasteiger partial charge is 0.340 e. The van der Waals surface area contributed by atoms with Gasteiger partial charge in [0.25, 0.3) is 5.91 Å². The number of nitrogens with zero attached hydrogens (tertiary/aromatic N) is 6. The second-order valence-corrected chi connectivity index (χ2v) is 5.41. The Hall–Kier alpha value is -2.77. The fourth-order valence-electron chi connectivity index (χ4n) is 2.82. The zero-order valence-corrected chi connectivity index (χ0v) is 12.2. The Bertz CT molecular complexity index is 850. The highest BCUT2D eigenvalue weighted by atomic mass is 16.2. The number of carbonyl (C=O) groups excluding carboxylic acids is 1. The molecule has 0 atom stereocenters. The number of H-pyrrole nitrogens is 1. The smallest absolute Gasteiger partial charge is 0.256 e. The van der Waals surface area contributed by atoms with E-state index in [1.54, 1.807) is 18.5 Å². The molecule has 0 saturated heterocycles. The minimum Gasteiger partial charge on any atom is -0.340 e. The van der Waals surface area contributed by atoms with Crippen molar-refractivity contribution >= 4 is 17.1 Å². The number of amides is 1. The number of hydrogen-bond donors (Lipinski definition) is 1. The van der Waals surface area contributed by atoms with Gasteiger partial charge in [-0.1, -0.05) is 5.21 Å². The summed E-state index contributed by atoms with van der Waals surface area (Å²) in [5, 5.41) is 7.95. The topological polar surface area (TPSA) is 92.6 Å². The molecule has 1 amide bonds. The van der Waals surface area contributed by atoms with Gasteiger partial charge in [-0.2, -0.15) is 0 Å². The molecule has 0 saturated carbocycles. The first-order valence-electron chi connectivity index (χ1n) is 7.20. The van der Waals surface area contributed by atoms with Gasteiger partial charge in [-0.3, -0.25) is 4.79 Å². The lowest BCUT2D eigenvalue weighted by molar-refractivity contribution is 0.0747. The molecule has 4 rings (SSSR count). The summed E-state index contributed by atoms with van der Waals surface area (Å²) in [6.45, 7) is 3.85. The molecule has 0 aliphatic carbocycles. The number of carbonyl (C=O) groups is 1. The summed E-state index contributed by atoms with van der Waals surface area (Å²) >= 11 is 0. The third-order valence-corrected chi connectivity index (χ3v) is 3.88. The Balaban J connectivity index is 1.71. The van der Waals surface area contributed by atoms with E-state index in [2.05, 4.69) is 25.3 Å². The Kier molecular flexibility index (Phi) is 2.88. The molecule has 0 unspecified atom stereocenters. The van der Waals surface area contributed by atoms with Gasteiger partial charge < -0.3 is 9.88 Å². The van der Waals surface area contributed by atoms with Crippen molar-refractivity contribution < 1.29 is 4.79 Å². The summed E-state index contributed by atoms with van der Waals surface area (Å²) < 4.78 is 1.86. The van der Waals surface area contributed by atoms with Gasteiger partial charge in [0.05, 0.1) is 29.5 Å². The van der Waals surface area contributed by atoms with Crippen molar-refractivity contribution in [3.8, 4) is 0 Å². The van der Waals surface area contributed by atoms with Gasteiger partial charge in [0.2, 0.25) is 0 Å². The lowest BCUT2D eigenvalue weighted by Crippen LogP contribution is -2.31. The first kappa shape index (κ1) is 12.9. The quantitative estimate of drug-likeness (QED) is 0.720. The van der Waals surface area contributed by atoms with E-state index in [1.165, 1.54) is 0 Å². The SMILES string of the molecule is Cc1nc2nccc(C(=O)N3CCCn4nncc4C3)c2[nH]1. The normalized spacial score (nSPS) is 14.9. The number of hydrogen-bond acceptors (Lipinski definition) is 5. The molecule has 3 aromatic rings. The standard InChI is InChI=1S/C14H15N7O/c1-9-17-12-11(3-4-15-13(12)18-9)14(22)20-5-2-6-21-10(8-20)7-16-19-21/h3-4,7H,2,5-6,8H2,1H3,(H,15,17,18). The van der Waals surface area contributed by atoms with Gasteiger partial charge in [-0.15, -0.1) is 5.10 Å². The van der Waals surface area contributed by atoms with Crippen LogP contribution in [0.1, 0.15) is 28.3 Å². The lowest BCUT2D eigenvalue weighted by Gasteiger charge is -2.20. The Morgan fingerprint density at radius 1 is 1.36 bits per heavy atom. The Labute approximate surface area is 126 Å². The summed E-state index contributed by atoms with van der Waals surface area (Å²) in [6.07, 6.45) is 4.20. The third kappa shape index (κ3) is 2.03. The number of nitrogens with one attached hydrogen (secondary N) is 1. The van der Waals surface area contributed by atoms with Gasteiger partial charge in [0.1, 0.15) is 5.82 Å². The van der Waals surface area contributed by atoms with Crippen molar-refractivity contribution in [3.63, 3.8) is 0 Å². The van der Waals surface area contributed by atoms with Crippen LogP contribution in [0, 0.1) is 6.92 Å². The molecular formula is C14H15N7O. The molecular weight excluding hydrogens is 282 g/mol. The van der Waals surface area contributed by atoms with Crippen molar-refractivity contribution in [2.24, 2.45) is 0 Å². The van der Waals surface area contributed by atoms with Crippen LogP contribution in [-0.2, 0) is 13.1 Å². The fraction of sp³-hybridized carbons (Fsp3) is 0.357. The molecule has 4 heterocycles. The molecule has 0 bridgehead atoms. The maximum absolute atomic E-state index is 12.9. The summed E-state index contributed by atoms with van der Waals surface area (Å²) in [7, 11) is 0.